The summed E-state index contributed by atoms with van der Waals surface area (Å²) in [6, 6.07) is 13.7. The van der Waals surface area contributed by atoms with Crippen LogP contribution in [0.4, 0.5) is 4.39 Å². The van der Waals surface area contributed by atoms with E-state index in [1.807, 2.05) is 12.1 Å². The standard InChI is InChI=1S/C21H21FN2O3/c1-24-12-4-6-18(21(24)26)20(25)23-13-15-8-10-17(11-9-15)27-14-16-5-2-3-7-19(16)22/h2-12,21,26H,13-14H2,1H3,(H,23,25). The molecule has 0 aliphatic carbocycles. The highest BCUT2D eigenvalue weighted by molar-refractivity contribution is 5.94. The van der Waals surface area contributed by atoms with Crippen molar-refractivity contribution in [1.29, 1.82) is 0 Å². The van der Waals surface area contributed by atoms with E-state index in [1.165, 1.54) is 6.07 Å². The Bertz CT molecular complexity index is 862. The summed E-state index contributed by atoms with van der Waals surface area (Å²) in [6.07, 6.45) is 4.05. The van der Waals surface area contributed by atoms with Gasteiger partial charge in [0.05, 0.1) is 5.57 Å². The van der Waals surface area contributed by atoms with Crippen molar-refractivity contribution >= 4 is 5.91 Å². The molecule has 1 aliphatic heterocycles. The van der Waals surface area contributed by atoms with Crippen LogP contribution in [-0.2, 0) is 17.9 Å². The average molecular weight is 368 g/mol. The summed E-state index contributed by atoms with van der Waals surface area (Å²) in [6.45, 7) is 0.472. The van der Waals surface area contributed by atoms with Gasteiger partial charge in [-0.2, -0.15) is 0 Å². The molecule has 0 bridgehead atoms. The molecule has 27 heavy (non-hydrogen) atoms. The van der Waals surface area contributed by atoms with E-state index in [0.717, 1.165) is 5.56 Å². The second kappa shape index (κ2) is 8.51. The smallest absolute Gasteiger partial charge is 0.252 e. The molecule has 0 fully saturated rings. The lowest BCUT2D eigenvalue weighted by atomic mass is 10.1. The predicted octanol–water partition coefficient (Wildman–Crippen LogP) is 2.72. The van der Waals surface area contributed by atoms with Gasteiger partial charge in [0.25, 0.3) is 5.91 Å². The van der Waals surface area contributed by atoms with E-state index in [4.69, 9.17) is 4.74 Å². The van der Waals surface area contributed by atoms with Crippen LogP contribution in [0.5, 0.6) is 5.75 Å². The second-order valence-electron chi connectivity index (χ2n) is 6.21. The number of aliphatic hydroxyl groups excluding tert-OH is 1. The first-order chi connectivity index (χ1) is 13.0. The minimum Gasteiger partial charge on any atom is -0.489 e. The molecular weight excluding hydrogens is 347 g/mol. The molecule has 140 valence electrons. The van der Waals surface area contributed by atoms with Crippen molar-refractivity contribution in [3.05, 3.63) is 89.4 Å². The topological polar surface area (TPSA) is 61.8 Å². The maximum atomic E-state index is 13.6. The summed E-state index contributed by atoms with van der Waals surface area (Å²) in [5.74, 6) is 0.000564. The van der Waals surface area contributed by atoms with Crippen molar-refractivity contribution in [2.45, 2.75) is 19.4 Å². The van der Waals surface area contributed by atoms with Gasteiger partial charge in [0, 0.05) is 25.4 Å². The van der Waals surface area contributed by atoms with Crippen LogP contribution in [0, 0.1) is 5.82 Å². The predicted molar refractivity (Wildman–Crippen MR) is 100 cm³/mol. The lowest BCUT2D eigenvalue weighted by Gasteiger charge is -2.26. The summed E-state index contributed by atoms with van der Waals surface area (Å²) in [7, 11) is 1.70. The minimum absolute atomic E-state index is 0.149. The van der Waals surface area contributed by atoms with Crippen molar-refractivity contribution in [1.82, 2.24) is 10.2 Å². The molecular formula is C21H21FN2O3. The Balaban J connectivity index is 1.52. The zero-order valence-electron chi connectivity index (χ0n) is 14.9. The molecule has 1 atom stereocenters. The molecule has 2 aromatic rings. The van der Waals surface area contributed by atoms with E-state index in [-0.39, 0.29) is 18.3 Å². The lowest BCUT2D eigenvalue weighted by molar-refractivity contribution is -0.119. The summed E-state index contributed by atoms with van der Waals surface area (Å²) in [4.78, 5) is 13.8. The van der Waals surface area contributed by atoms with Crippen LogP contribution in [0.2, 0.25) is 0 Å². The largest absolute Gasteiger partial charge is 0.489 e. The molecule has 1 heterocycles. The van der Waals surface area contributed by atoms with Gasteiger partial charge in [-0.15, -0.1) is 0 Å². The third-order valence-electron chi connectivity index (χ3n) is 4.25. The highest BCUT2D eigenvalue weighted by Gasteiger charge is 2.22. The van der Waals surface area contributed by atoms with Gasteiger partial charge in [0.1, 0.15) is 18.2 Å². The molecule has 0 radical (unpaired) electrons. The Morgan fingerprint density at radius 3 is 2.70 bits per heavy atom. The number of amides is 1. The molecule has 1 amide bonds. The number of allylic oxidation sites excluding steroid dienone is 2. The number of ether oxygens (including phenoxy) is 1. The second-order valence-corrected chi connectivity index (χ2v) is 6.21. The van der Waals surface area contributed by atoms with E-state index >= 15 is 0 Å². The first-order valence-electron chi connectivity index (χ1n) is 8.56. The number of nitrogens with zero attached hydrogens (tertiary/aromatic N) is 1. The zero-order valence-corrected chi connectivity index (χ0v) is 14.9. The van der Waals surface area contributed by atoms with Crippen LogP contribution in [-0.4, -0.2) is 29.2 Å². The van der Waals surface area contributed by atoms with Crippen LogP contribution in [0.25, 0.3) is 0 Å². The number of likely N-dealkylation sites (N-methyl/N-ethyl adjacent to an activating group) is 1. The number of rotatable bonds is 6. The Morgan fingerprint density at radius 2 is 1.96 bits per heavy atom. The fourth-order valence-electron chi connectivity index (χ4n) is 2.63. The third-order valence-corrected chi connectivity index (χ3v) is 4.25. The Kier molecular flexibility index (Phi) is 5.88. The van der Waals surface area contributed by atoms with Gasteiger partial charge < -0.3 is 20.1 Å². The molecule has 2 aromatic carbocycles. The maximum absolute atomic E-state index is 13.6. The van der Waals surface area contributed by atoms with E-state index in [0.29, 0.717) is 23.4 Å². The van der Waals surface area contributed by atoms with Crippen LogP contribution < -0.4 is 10.1 Å². The Morgan fingerprint density at radius 1 is 1.22 bits per heavy atom. The maximum Gasteiger partial charge on any atom is 0.252 e. The highest BCUT2D eigenvalue weighted by atomic mass is 19.1. The number of carbonyl (C=O) groups excluding carboxylic acids is 1. The number of nitrogens with one attached hydrogen (secondary N) is 1. The molecule has 2 N–H and O–H groups in total. The number of benzene rings is 2. The van der Waals surface area contributed by atoms with Gasteiger partial charge in [-0.05, 0) is 35.9 Å². The van der Waals surface area contributed by atoms with Crippen molar-refractivity contribution in [2.75, 3.05) is 7.05 Å². The third kappa shape index (κ3) is 4.74. The van der Waals surface area contributed by atoms with Gasteiger partial charge in [0.2, 0.25) is 0 Å². The molecule has 0 saturated carbocycles. The monoisotopic (exact) mass is 368 g/mol. The lowest BCUT2D eigenvalue weighted by Crippen LogP contribution is -2.38. The number of hydrogen-bond donors (Lipinski definition) is 2. The summed E-state index contributed by atoms with van der Waals surface area (Å²) < 4.78 is 19.2. The number of hydrogen-bond acceptors (Lipinski definition) is 4. The number of aliphatic hydroxyl groups is 1. The van der Waals surface area contributed by atoms with Crippen molar-refractivity contribution in [2.24, 2.45) is 0 Å². The van der Waals surface area contributed by atoms with Gasteiger partial charge in [-0.1, -0.05) is 30.3 Å². The van der Waals surface area contributed by atoms with Gasteiger partial charge >= 0.3 is 0 Å². The summed E-state index contributed by atoms with van der Waals surface area (Å²) in [5.41, 5.74) is 1.67. The van der Waals surface area contributed by atoms with Crippen molar-refractivity contribution in [3.8, 4) is 5.75 Å². The highest BCUT2D eigenvalue weighted by Crippen LogP contribution is 2.16. The first-order valence-corrected chi connectivity index (χ1v) is 8.56. The fourth-order valence-corrected chi connectivity index (χ4v) is 2.63. The Hall–Kier alpha value is -3.12. The Labute approximate surface area is 157 Å². The van der Waals surface area contributed by atoms with Gasteiger partial charge in [-0.3, -0.25) is 4.79 Å². The van der Waals surface area contributed by atoms with E-state index in [9.17, 15) is 14.3 Å². The van der Waals surface area contributed by atoms with Crippen LogP contribution in [0.1, 0.15) is 11.1 Å². The quantitative estimate of drug-likeness (QED) is 0.823. The molecule has 5 nitrogen and oxygen atoms in total. The van der Waals surface area contributed by atoms with Crippen molar-refractivity contribution < 1.29 is 19.0 Å². The fraction of sp³-hybridized carbons (Fsp3) is 0.190. The molecule has 0 spiro atoms. The number of halogens is 1. The summed E-state index contributed by atoms with van der Waals surface area (Å²) in [5, 5.41) is 12.8. The molecule has 1 aliphatic rings. The molecule has 3 rings (SSSR count). The van der Waals surface area contributed by atoms with Crippen LogP contribution in [0.3, 0.4) is 0 Å². The minimum atomic E-state index is -0.954. The van der Waals surface area contributed by atoms with Crippen LogP contribution >= 0.6 is 0 Å². The van der Waals surface area contributed by atoms with E-state index in [2.05, 4.69) is 5.32 Å². The van der Waals surface area contributed by atoms with Gasteiger partial charge in [-0.25, -0.2) is 4.39 Å². The van der Waals surface area contributed by atoms with Crippen molar-refractivity contribution in [3.63, 3.8) is 0 Å². The molecule has 6 heteroatoms. The molecule has 1 unspecified atom stereocenters. The van der Waals surface area contributed by atoms with Gasteiger partial charge in [0.15, 0.2) is 6.23 Å². The van der Waals surface area contributed by atoms with E-state index in [1.54, 1.807) is 60.6 Å². The first kappa shape index (κ1) is 18.7. The summed E-state index contributed by atoms with van der Waals surface area (Å²) >= 11 is 0. The van der Waals surface area contributed by atoms with Crippen LogP contribution in [0.15, 0.2) is 72.5 Å². The van der Waals surface area contributed by atoms with E-state index < -0.39 is 6.23 Å². The molecule has 0 saturated heterocycles. The SMILES string of the molecule is CN1C=CC=C(C(=O)NCc2ccc(OCc3ccccc3F)cc2)C1O. The molecule has 0 aromatic heterocycles. The number of carbonyl (C=O) groups is 1. The normalized spacial score (nSPS) is 16.0. The zero-order chi connectivity index (χ0) is 19.2. The average Bonchev–Trinajstić information content (AvgIpc) is 2.68.